The van der Waals surface area contributed by atoms with Crippen molar-refractivity contribution < 1.29 is 0 Å². The molecule has 5 N–H and O–H groups in total. The molecule has 0 aliphatic rings. The lowest BCUT2D eigenvalue weighted by Gasteiger charge is -2.24. The van der Waals surface area contributed by atoms with E-state index < -0.39 is 0 Å². The van der Waals surface area contributed by atoms with Gasteiger partial charge in [0.05, 0.1) is 5.69 Å². The van der Waals surface area contributed by atoms with Crippen LogP contribution in [0.4, 0.5) is 17.2 Å². The Morgan fingerprint density at radius 1 is 1.12 bits per heavy atom. The van der Waals surface area contributed by atoms with E-state index in [0.29, 0.717) is 5.82 Å². The van der Waals surface area contributed by atoms with Crippen molar-refractivity contribution in [3.63, 3.8) is 0 Å². The van der Waals surface area contributed by atoms with Gasteiger partial charge in [0.15, 0.2) is 5.82 Å². The van der Waals surface area contributed by atoms with Crippen molar-refractivity contribution in [1.29, 1.82) is 5.41 Å². The number of hydrogen-bond donors (Lipinski definition) is 4. The molecule has 1 aromatic carbocycles. The molecule has 0 bridgehead atoms. The highest BCUT2D eigenvalue weighted by Gasteiger charge is 2.10. The number of nitrogens with one attached hydrogen (secondary N) is 3. The van der Waals surface area contributed by atoms with Gasteiger partial charge in [-0.1, -0.05) is 6.07 Å². The SMILES string of the molecule is CCN(CC)c1ccc(NNN(C(=N)N)c2ccc(C)cn2)cc1. The van der Waals surface area contributed by atoms with Gasteiger partial charge in [0, 0.05) is 25.0 Å². The monoisotopic (exact) mass is 327 g/mol. The molecule has 7 heteroatoms. The Balaban J connectivity index is 2.04. The third-order valence-corrected chi connectivity index (χ3v) is 3.67. The summed E-state index contributed by atoms with van der Waals surface area (Å²) in [4.78, 5) is 6.54. The second kappa shape index (κ2) is 8.16. The van der Waals surface area contributed by atoms with Crippen LogP contribution in [-0.4, -0.2) is 24.0 Å². The predicted molar refractivity (Wildman–Crippen MR) is 100 cm³/mol. The number of aromatic nitrogens is 1. The standard InChI is InChI=1S/C17H25N7/c1-4-23(5-2)15-9-7-14(8-10-15)21-22-24(17(18)19)16-11-6-13(3)12-20-16/h6-12,21-22H,4-5H2,1-3H3,(H3,18,19). The fourth-order valence-electron chi connectivity index (χ4n) is 2.30. The number of guanidine groups is 1. The maximum absolute atomic E-state index is 7.70. The van der Waals surface area contributed by atoms with Gasteiger partial charge in [-0.05, 0) is 56.7 Å². The Kier molecular flexibility index (Phi) is 5.97. The number of hydrogen-bond acceptors (Lipinski definition) is 5. The minimum atomic E-state index is -0.154. The molecular weight excluding hydrogens is 302 g/mol. The molecule has 24 heavy (non-hydrogen) atoms. The van der Waals surface area contributed by atoms with Crippen molar-refractivity contribution in [3.05, 3.63) is 48.2 Å². The maximum Gasteiger partial charge on any atom is 0.210 e. The fourth-order valence-corrected chi connectivity index (χ4v) is 2.30. The van der Waals surface area contributed by atoms with Crippen LogP contribution in [0.3, 0.4) is 0 Å². The molecule has 0 unspecified atom stereocenters. The highest BCUT2D eigenvalue weighted by atomic mass is 15.7. The molecule has 0 amide bonds. The van der Waals surface area contributed by atoms with Crippen molar-refractivity contribution in [1.82, 2.24) is 10.5 Å². The summed E-state index contributed by atoms with van der Waals surface area (Å²) in [5, 5.41) is 9.08. The van der Waals surface area contributed by atoms with Crippen LogP contribution >= 0.6 is 0 Å². The molecule has 1 heterocycles. The molecule has 0 aliphatic heterocycles. The average molecular weight is 327 g/mol. The third kappa shape index (κ3) is 4.36. The summed E-state index contributed by atoms with van der Waals surface area (Å²) >= 11 is 0. The minimum Gasteiger partial charge on any atom is -0.372 e. The van der Waals surface area contributed by atoms with Crippen LogP contribution in [0.5, 0.6) is 0 Å². The molecule has 0 saturated carbocycles. The van der Waals surface area contributed by atoms with Crippen LogP contribution in [0.15, 0.2) is 42.6 Å². The second-order valence-electron chi connectivity index (χ2n) is 5.37. The quantitative estimate of drug-likeness (QED) is 0.355. The van der Waals surface area contributed by atoms with E-state index in [2.05, 4.69) is 46.8 Å². The Labute approximate surface area is 142 Å². The molecule has 2 aromatic rings. The summed E-state index contributed by atoms with van der Waals surface area (Å²) in [5.74, 6) is 0.388. The summed E-state index contributed by atoms with van der Waals surface area (Å²) in [7, 11) is 0. The summed E-state index contributed by atoms with van der Waals surface area (Å²) in [6.07, 6.45) is 1.73. The van der Waals surface area contributed by atoms with Crippen molar-refractivity contribution in [2.75, 3.05) is 28.4 Å². The molecule has 7 nitrogen and oxygen atoms in total. The fraction of sp³-hybridized carbons (Fsp3) is 0.294. The first kappa shape index (κ1) is 17.6. The van der Waals surface area contributed by atoms with E-state index in [4.69, 9.17) is 11.1 Å². The zero-order valence-electron chi connectivity index (χ0n) is 14.4. The van der Waals surface area contributed by atoms with Crippen molar-refractivity contribution >= 4 is 23.2 Å². The Morgan fingerprint density at radius 3 is 2.29 bits per heavy atom. The first-order valence-corrected chi connectivity index (χ1v) is 7.98. The first-order valence-electron chi connectivity index (χ1n) is 7.98. The summed E-state index contributed by atoms with van der Waals surface area (Å²) in [6, 6.07) is 11.8. The number of nitrogens with two attached hydrogens (primary N) is 1. The molecule has 2 rings (SSSR count). The minimum absolute atomic E-state index is 0.154. The third-order valence-electron chi connectivity index (χ3n) is 3.67. The van der Waals surface area contributed by atoms with Gasteiger partial charge in [-0.25, -0.2) is 9.99 Å². The van der Waals surface area contributed by atoms with Gasteiger partial charge < -0.3 is 16.1 Å². The normalized spacial score (nSPS) is 10.3. The van der Waals surface area contributed by atoms with E-state index >= 15 is 0 Å². The lowest BCUT2D eigenvalue weighted by atomic mass is 10.2. The summed E-state index contributed by atoms with van der Waals surface area (Å²) < 4.78 is 0. The van der Waals surface area contributed by atoms with Gasteiger partial charge in [-0.2, -0.15) is 0 Å². The predicted octanol–water partition coefficient (Wildman–Crippen LogP) is 2.47. The number of pyridine rings is 1. The Bertz CT molecular complexity index is 648. The van der Waals surface area contributed by atoms with E-state index in [1.807, 2.05) is 25.1 Å². The maximum atomic E-state index is 7.70. The largest absolute Gasteiger partial charge is 0.372 e. The summed E-state index contributed by atoms with van der Waals surface area (Å²) in [5.41, 5.74) is 14.7. The smallest absolute Gasteiger partial charge is 0.210 e. The van der Waals surface area contributed by atoms with E-state index in [1.165, 1.54) is 10.7 Å². The lowest BCUT2D eigenvalue weighted by Crippen LogP contribution is -2.49. The Hall–Kier alpha value is -2.80. The van der Waals surface area contributed by atoms with Crippen LogP contribution in [0, 0.1) is 12.3 Å². The molecular formula is C17H25N7. The van der Waals surface area contributed by atoms with Crippen LogP contribution in [0.2, 0.25) is 0 Å². The molecule has 0 fully saturated rings. The van der Waals surface area contributed by atoms with E-state index in [1.54, 1.807) is 12.3 Å². The molecule has 0 saturated heterocycles. The van der Waals surface area contributed by atoms with Gasteiger partial charge in [0.1, 0.15) is 0 Å². The zero-order valence-corrected chi connectivity index (χ0v) is 14.4. The van der Waals surface area contributed by atoms with Crippen LogP contribution in [0.1, 0.15) is 19.4 Å². The average Bonchev–Trinajstić information content (AvgIpc) is 2.59. The van der Waals surface area contributed by atoms with Gasteiger partial charge in [0.2, 0.25) is 5.96 Å². The Morgan fingerprint density at radius 2 is 1.79 bits per heavy atom. The number of rotatable bonds is 7. The number of aryl methyl sites for hydroxylation is 1. The van der Waals surface area contributed by atoms with Crippen LogP contribution in [0.25, 0.3) is 0 Å². The number of hydrazine groups is 2. The van der Waals surface area contributed by atoms with Crippen molar-refractivity contribution in [2.45, 2.75) is 20.8 Å². The molecule has 1 aromatic heterocycles. The van der Waals surface area contributed by atoms with Crippen LogP contribution < -0.4 is 26.6 Å². The van der Waals surface area contributed by atoms with Crippen LogP contribution in [-0.2, 0) is 0 Å². The molecule has 0 radical (unpaired) electrons. The second-order valence-corrected chi connectivity index (χ2v) is 5.37. The van der Waals surface area contributed by atoms with E-state index in [0.717, 1.165) is 24.3 Å². The van der Waals surface area contributed by atoms with E-state index in [9.17, 15) is 0 Å². The molecule has 0 atom stereocenters. The lowest BCUT2D eigenvalue weighted by molar-refractivity contribution is 0.813. The van der Waals surface area contributed by atoms with E-state index in [-0.39, 0.29) is 5.96 Å². The van der Waals surface area contributed by atoms with Gasteiger partial charge in [-0.3, -0.25) is 5.41 Å². The van der Waals surface area contributed by atoms with Crippen molar-refractivity contribution in [2.24, 2.45) is 5.73 Å². The topological polar surface area (TPSA) is 93.3 Å². The van der Waals surface area contributed by atoms with Gasteiger partial charge in [0.25, 0.3) is 0 Å². The van der Waals surface area contributed by atoms with Gasteiger partial charge >= 0.3 is 0 Å². The zero-order chi connectivity index (χ0) is 17.5. The van der Waals surface area contributed by atoms with Crippen molar-refractivity contribution in [3.8, 4) is 0 Å². The molecule has 128 valence electrons. The highest BCUT2D eigenvalue weighted by Crippen LogP contribution is 2.17. The number of benzene rings is 1. The highest BCUT2D eigenvalue weighted by molar-refractivity contribution is 5.90. The summed E-state index contributed by atoms with van der Waals surface area (Å²) in [6.45, 7) is 8.17. The van der Waals surface area contributed by atoms with Gasteiger partial charge in [-0.15, -0.1) is 5.53 Å². The molecule has 0 spiro atoms. The number of nitrogens with zero attached hydrogens (tertiary/aromatic N) is 3. The molecule has 0 aliphatic carbocycles. The number of anilines is 3. The first-order chi connectivity index (χ1) is 11.5.